The summed E-state index contributed by atoms with van der Waals surface area (Å²) in [5, 5.41) is 3.44. The highest BCUT2D eigenvalue weighted by molar-refractivity contribution is 6.30. The SMILES string of the molecule is CC(=O)N(CC(=O)NCCc1ccc(Cl)cc1)Cc1ccccc1F. The van der Waals surface area contributed by atoms with E-state index in [1.807, 2.05) is 12.1 Å². The van der Waals surface area contributed by atoms with Gasteiger partial charge in [-0.05, 0) is 30.2 Å². The molecule has 0 unspecified atom stereocenters. The third kappa shape index (κ3) is 6.19. The van der Waals surface area contributed by atoms with Crippen LogP contribution in [0.5, 0.6) is 0 Å². The summed E-state index contributed by atoms with van der Waals surface area (Å²) in [5.41, 5.74) is 1.44. The van der Waals surface area contributed by atoms with Crippen LogP contribution in [0.3, 0.4) is 0 Å². The second-order valence-corrected chi connectivity index (χ2v) is 6.13. The van der Waals surface area contributed by atoms with E-state index in [0.29, 0.717) is 23.6 Å². The monoisotopic (exact) mass is 362 g/mol. The number of carbonyl (C=O) groups excluding carboxylic acids is 2. The molecule has 0 saturated carbocycles. The van der Waals surface area contributed by atoms with Gasteiger partial charge in [0.25, 0.3) is 0 Å². The fraction of sp³-hybridized carbons (Fsp3) is 0.263. The van der Waals surface area contributed by atoms with E-state index in [-0.39, 0.29) is 24.9 Å². The van der Waals surface area contributed by atoms with Gasteiger partial charge in [-0.1, -0.05) is 41.9 Å². The summed E-state index contributed by atoms with van der Waals surface area (Å²) >= 11 is 5.83. The zero-order valence-electron chi connectivity index (χ0n) is 14.0. The molecule has 1 N–H and O–H groups in total. The first kappa shape index (κ1) is 18.9. The average Bonchev–Trinajstić information content (AvgIpc) is 2.58. The van der Waals surface area contributed by atoms with Crippen molar-refractivity contribution in [1.29, 1.82) is 0 Å². The van der Waals surface area contributed by atoms with Gasteiger partial charge in [-0.25, -0.2) is 4.39 Å². The molecular formula is C19H20ClFN2O2. The van der Waals surface area contributed by atoms with Crippen LogP contribution in [0.25, 0.3) is 0 Å². The first-order chi connectivity index (χ1) is 12.0. The highest BCUT2D eigenvalue weighted by Gasteiger charge is 2.15. The van der Waals surface area contributed by atoms with E-state index < -0.39 is 5.82 Å². The summed E-state index contributed by atoms with van der Waals surface area (Å²) in [6, 6.07) is 13.6. The van der Waals surface area contributed by atoms with Gasteiger partial charge in [0, 0.05) is 30.6 Å². The van der Waals surface area contributed by atoms with Crippen LogP contribution in [0.4, 0.5) is 4.39 Å². The summed E-state index contributed by atoms with van der Waals surface area (Å²) in [7, 11) is 0. The molecule has 2 rings (SSSR count). The Balaban J connectivity index is 1.84. The van der Waals surface area contributed by atoms with Crippen molar-refractivity contribution in [2.75, 3.05) is 13.1 Å². The Morgan fingerprint density at radius 1 is 1.12 bits per heavy atom. The predicted molar refractivity (Wildman–Crippen MR) is 95.7 cm³/mol. The minimum atomic E-state index is -0.392. The Bertz CT molecular complexity index is 734. The maximum Gasteiger partial charge on any atom is 0.239 e. The van der Waals surface area contributed by atoms with Crippen molar-refractivity contribution in [1.82, 2.24) is 10.2 Å². The minimum absolute atomic E-state index is 0.0621. The lowest BCUT2D eigenvalue weighted by atomic mass is 10.1. The molecule has 0 aliphatic rings. The Morgan fingerprint density at radius 2 is 1.80 bits per heavy atom. The second-order valence-electron chi connectivity index (χ2n) is 5.69. The fourth-order valence-corrected chi connectivity index (χ4v) is 2.46. The topological polar surface area (TPSA) is 49.4 Å². The van der Waals surface area contributed by atoms with Crippen LogP contribution in [-0.2, 0) is 22.6 Å². The highest BCUT2D eigenvalue weighted by Crippen LogP contribution is 2.11. The molecule has 0 fully saturated rings. The standard InChI is InChI=1S/C19H20ClFN2O2/c1-14(24)23(12-16-4-2-3-5-18(16)21)13-19(25)22-11-10-15-6-8-17(20)9-7-15/h2-9H,10-13H2,1H3,(H,22,25). The summed E-state index contributed by atoms with van der Waals surface area (Å²) < 4.78 is 13.7. The molecule has 0 aliphatic heterocycles. The summed E-state index contributed by atoms with van der Waals surface area (Å²) in [6.07, 6.45) is 0.663. The van der Waals surface area contributed by atoms with Crippen LogP contribution in [0.15, 0.2) is 48.5 Å². The highest BCUT2D eigenvalue weighted by atomic mass is 35.5. The molecule has 0 aromatic heterocycles. The van der Waals surface area contributed by atoms with Crippen LogP contribution < -0.4 is 5.32 Å². The number of hydrogen-bond donors (Lipinski definition) is 1. The van der Waals surface area contributed by atoms with E-state index in [0.717, 1.165) is 5.56 Å². The van der Waals surface area contributed by atoms with Gasteiger partial charge in [0.1, 0.15) is 5.82 Å². The van der Waals surface area contributed by atoms with Crippen LogP contribution in [-0.4, -0.2) is 29.8 Å². The second kappa shape index (κ2) is 9.18. The molecule has 2 aromatic rings. The Hall–Kier alpha value is -2.40. The molecule has 0 heterocycles. The molecule has 0 saturated heterocycles. The fourth-order valence-electron chi connectivity index (χ4n) is 2.34. The number of hydrogen-bond acceptors (Lipinski definition) is 2. The molecule has 132 valence electrons. The number of nitrogens with zero attached hydrogens (tertiary/aromatic N) is 1. The van der Waals surface area contributed by atoms with Gasteiger partial charge in [-0.2, -0.15) is 0 Å². The number of halogens is 2. The van der Waals surface area contributed by atoms with Crippen LogP contribution in [0.2, 0.25) is 5.02 Å². The molecule has 6 heteroatoms. The first-order valence-corrected chi connectivity index (χ1v) is 8.33. The normalized spacial score (nSPS) is 10.4. The van der Waals surface area contributed by atoms with Crippen molar-refractivity contribution in [3.8, 4) is 0 Å². The van der Waals surface area contributed by atoms with Gasteiger partial charge in [0.05, 0.1) is 6.54 Å². The molecule has 0 spiro atoms. The molecule has 0 atom stereocenters. The molecule has 25 heavy (non-hydrogen) atoms. The lowest BCUT2D eigenvalue weighted by Gasteiger charge is -2.21. The van der Waals surface area contributed by atoms with Crippen LogP contribution in [0.1, 0.15) is 18.1 Å². The van der Waals surface area contributed by atoms with Crippen molar-refractivity contribution in [3.05, 3.63) is 70.5 Å². The lowest BCUT2D eigenvalue weighted by molar-refractivity contribution is -0.134. The lowest BCUT2D eigenvalue weighted by Crippen LogP contribution is -2.40. The van der Waals surface area contributed by atoms with Gasteiger partial charge >= 0.3 is 0 Å². The van der Waals surface area contributed by atoms with Crippen molar-refractivity contribution in [2.24, 2.45) is 0 Å². The molecule has 2 aromatic carbocycles. The van der Waals surface area contributed by atoms with Crippen LogP contribution in [0, 0.1) is 5.82 Å². The average molecular weight is 363 g/mol. The predicted octanol–water partition coefficient (Wildman–Crippen LogP) is 3.19. The largest absolute Gasteiger partial charge is 0.354 e. The van der Waals surface area contributed by atoms with Gasteiger partial charge in [0.15, 0.2) is 0 Å². The van der Waals surface area contributed by atoms with Gasteiger partial charge in [0.2, 0.25) is 11.8 Å². The maximum absolute atomic E-state index is 13.7. The van der Waals surface area contributed by atoms with Gasteiger partial charge in [-0.3, -0.25) is 9.59 Å². The molecule has 0 radical (unpaired) electrons. The van der Waals surface area contributed by atoms with E-state index in [4.69, 9.17) is 11.6 Å². The van der Waals surface area contributed by atoms with Crippen molar-refractivity contribution < 1.29 is 14.0 Å². The van der Waals surface area contributed by atoms with Crippen molar-refractivity contribution >= 4 is 23.4 Å². The van der Waals surface area contributed by atoms with E-state index in [2.05, 4.69) is 5.32 Å². The zero-order chi connectivity index (χ0) is 18.2. The van der Waals surface area contributed by atoms with E-state index >= 15 is 0 Å². The van der Waals surface area contributed by atoms with E-state index in [1.165, 1.54) is 17.9 Å². The quantitative estimate of drug-likeness (QED) is 0.822. The summed E-state index contributed by atoms with van der Waals surface area (Å²) in [5.74, 6) is -0.950. The summed E-state index contributed by atoms with van der Waals surface area (Å²) in [4.78, 5) is 25.1. The zero-order valence-corrected chi connectivity index (χ0v) is 14.7. The number of carbonyl (C=O) groups is 2. The van der Waals surface area contributed by atoms with Crippen molar-refractivity contribution in [3.63, 3.8) is 0 Å². The van der Waals surface area contributed by atoms with E-state index in [9.17, 15) is 14.0 Å². The third-order valence-corrected chi connectivity index (χ3v) is 4.00. The van der Waals surface area contributed by atoms with E-state index in [1.54, 1.807) is 30.3 Å². The Kier molecular flexibility index (Phi) is 6.95. The molecular weight excluding hydrogens is 343 g/mol. The number of amides is 2. The number of rotatable bonds is 7. The summed E-state index contributed by atoms with van der Waals surface area (Å²) in [6.45, 7) is 1.77. The smallest absolute Gasteiger partial charge is 0.239 e. The molecule has 0 bridgehead atoms. The Morgan fingerprint density at radius 3 is 2.44 bits per heavy atom. The Labute approximate surface area is 151 Å². The first-order valence-electron chi connectivity index (χ1n) is 7.96. The maximum atomic E-state index is 13.7. The van der Waals surface area contributed by atoms with Gasteiger partial charge in [-0.15, -0.1) is 0 Å². The minimum Gasteiger partial charge on any atom is -0.354 e. The third-order valence-electron chi connectivity index (χ3n) is 3.75. The van der Waals surface area contributed by atoms with Crippen LogP contribution >= 0.6 is 11.6 Å². The number of nitrogens with one attached hydrogen (secondary N) is 1. The molecule has 2 amide bonds. The van der Waals surface area contributed by atoms with Gasteiger partial charge < -0.3 is 10.2 Å². The number of benzene rings is 2. The molecule has 4 nitrogen and oxygen atoms in total. The molecule has 0 aliphatic carbocycles. The van der Waals surface area contributed by atoms with Crippen molar-refractivity contribution in [2.45, 2.75) is 19.9 Å².